The van der Waals surface area contributed by atoms with Crippen molar-refractivity contribution in [3.05, 3.63) is 35.6 Å². The Morgan fingerprint density at radius 3 is 2.22 bits per heavy atom. The standard InChI is InChI=1S/C16H21FN2O4/c1-2-23-16(22)8-7-14(20)18-9-10-19-15(21)11-12-3-5-13(17)6-4-12/h3-6H,2,7-11H2,1H3,(H,18,20)(H,19,21). The van der Waals surface area contributed by atoms with Crippen LogP contribution in [0.1, 0.15) is 25.3 Å². The summed E-state index contributed by atoms with van der Waals surface area (Å²) in [5.74, 6) is -1.24. The number of amides is 2. The third-order valence-corrected chi connectivity index (χ3v) is 2.91. The molecule has 0 aliphatic rings. The molecule has 2 N–H and O–H groups in total. The molecule has 0 unspecified atom stereocenters. The second-order valence-corrected chi connectivity index (χ2v) is 4.81. The van der Waals surface area contributed by atoms with E-state index < -0.39 is 5.97 Å². The molecule has 2 amide bonds. The molecule has 23 heavy (non-hydrogen) atoms. The molecule has 0 fully saturated rings. The number of carbonyl (C=O) groups excluding carboxylic acids is 3. The van der Waals surface area contributed by atoms with E-state index in [4.69, 9.17) is 4.74 Å². The molecule has 0 saturated heterocycles. The van der Waals surface area contributed by atoms with Crippen LogP contribution in [0.5, 0.6) is 0 Å². The summed E-state index contributed by atoms with van der Waals surface area (Å²) in [5.41, 5.74) is 0.711. The van der Waals surface area contributed by atoms with E-state index in [2.05, 4.69) is 10.6 Å². The number of ether oxygens (including phenoxy) is 1. The first-order valence-electron chi connectivity index (χ1n) is 7.44. The molecule has 0 aliphatic heterocycles. The van der Waals surface area contributed by atoms with Crippen molar-refractivity contribution in [1.82, 2.24) is 10.6 Å². The fourth-order valence-corrected chi connectivity index (χ4v) is 1.79. The van der Waals surface area contributed by atoms with Gasteiger partial charge in [0.2, 0.25) is 11.8 Å². The third kappa shape index (κ3) is 8.55. The largest absolute Gasteiger partial charge is 0.466 e. The van der Waals surface area contributed by atoms with Gasteiger partial charge in [0, 0.05) is 19.5 Å². The highest BCUT2D eigenvalue weighted by Crippen LogP contribution is 2.03. The first-order valence-corrected chi connectivity index (χ1v) is 7.44. The molecule has 0 heterocycles. The lowest BCUT2D eigenvalue weighted by Gasteiger charge is -2.07. The quantitative estimate of drug-likeness (QED) is 0.523. The minimum Gasteiger partial charge on any atom is -0.466 e. The van der Waals surface area contributed by atoms with Gasteiger partial charge in [-0.2, -0.15) is 0 Å². The van der Waals surface area contributed by atoms with Crippen LogP contribution in [0.15, 0.2) is 24.3 Å². The molecule has 0 spiro atoms. The molecule has 6 nitrogen and oxygen atoms in total. The van der Waals surface area contributed by atoms with Gasteiger partial charge in [0.15, 0.2) is 0 Å². The highest BCUT2D eigenvalue weighted by atomic mass is 19.1. The van der Waals surface area contributed by atoms with E-state index in [1.165, 1.54) is 12.1 Å². The van der Waals surface area contributed by atoms with Gasteiger partial charge in [0.25, 0.3) is 0 Å². The topological polar surface area (TPSA) is 84.5 Å². The molecule has 1 aromatic rings. The zero-order chi connectivity index (χ0) is 17.1. The van der Waals surface area contributed by atoms with E-state index in [1.54, 1.807) is 19.1 Å². The summed E-state index contributed by atoms with van der Waals surface area (Å²) in [6.45, 7) is 2.55. The summed E-state index contributed by atoms with van der Waals surface area (Å²) >= 11 is 0. The average molecular weight is 324 g/mol. The summed E-state index contributed by atoms with van der Waals surface area (Å²) in [6, 6.07) is 5.69. The number of halogens is 1. The molecule has 7 heteroatoms. The molecule has 0 aliphatic carbocycles. The fourth-order valence-electron chi connectivity index (χ4n) is 1.79. The van der Waals surface area contributed by atoms with Crippen LogP contribution in [0, 0.1) is 5.82 Å². The number of rotatable bonds is 9. The fraction of sp³-hybridized carbons (Fsp3) is 0.438. The molecule has 0 bridgehead atoms. The second-order valence-electron chi connectivity index (χ2n) is 4.81. The number of nitrogens with one attached hydrogen (secondary N) is 2. The molecule has 0 radical (unpaired) electrons. The molecule has 1 rings (SSSR count). The van der Waals surface area contributed by atoms with Gasteiger partial charge in [-0.05, 0) is 24.6 Å². The number of esters is 1. The predicted molar refractivity (Wildman–Crippen MR) is 82.0 cm³/mol. The predicted octanol–water partition coefficient (Wildman–Crippen LogP) is 0.944. The Balaban J connectivity index is 2.11. The van der Waals surface area contributed by atoms with Crippen LogP contribution in [-0.4, -0.2) is 37.5 Å². The lowest BCUT2D eigenvalue weighted by molar-refractivity contribution is -0.144. The van der Waals surface area contributed by atoms with Crippen LogP contribution >= 0.6 is 0 Å². The smallest absolute Gasteiger partial charge is 0.306 e. The lowest BCUT2D eigenvalue weighted by atomic mass is 10.1. The van der Waals surface area contributed by atoms with Gasteiger partial charge < -0.3 is 15.4 Å². The van der Waals surface area contributed by atoms with Crippen molar-refractivity contribution in [3.8, 4) is 0 Å². The van der Waals surface area contributed by atoms with Gasteiger partial charge in [-0.15, -0.1) is 0 Å². The van der Waals surface area contributed by atoms with Crippen molar-refractivity contribution in [2.45, 2.75) is 26.2 Å². The van der Waals surface area contributed by atoms with E-state index in [9.17, 15) is 18.8 Å². The summed E-state index contributed by atoms with van der Waals surface area (Å²) in [7, 11) is 0. The molecule has 0 atom stereocenters. The summed E-state index contributed by atoms with van der Waals surface area (Å²) < 4.78 is 17.4. The first-order chi connectivity index (χ1) is 11.0. The van der Waals surface area contributed by atoms with Crippen LogP contribution in [0.4, 0.5) is 4.39 Å². The summed E-state index contributed by atoms with van der Waals surface area (Å²) in [4.78, 5) is 34.2. The molecule has 0 aromatic heterocycles. The van der Waals surface area contributed by atoms with E-state index in [-0.39, 0.29) is 50.0 Å². The Morgan fingerprint density at radius 1 is 1.00 bits per heavy atom. The summed E-state index contributed by atoms with van der Waals surface area (Å²) in [5, 5.41) is 5.24. The van der Waals surface area contributed by atoms with E-state index in [0.717, 1.165) is 0 Å². The van der Waals surface area contributed by atoms with Crippen molar-refractivity contribution in [2.24, 2.45) is 0 Å². The molecular weight excluding hydrogens is 303 g/mol. The minimum atomic E-state index is -0.407. The van der Waals surface area contributed by atoms with Crippen LogP contribution < -0.4 is 10.6 Å². The van der Waals surface area contributed by atoms with E-state index >= 15 is 0 Å². The maximum absolute atomic E-state index is 12.7. The maximum atomic E-state index is 12.7. The Morgan fingerprint density at radius 2 is 1.61 bits per heavy atom. The highest BCUT2D eigenvalue weighted by molar-refractivity contribution is 5.81. The maximum Gasteiger partial charge on any atom is 0.306 e. The van der Waals surface area contributed by atoms with Crippen LogP contribution in [0.2, 0.25) is 0 Å². The Labute approximate surface area is 134 Å². The van der Waals surface area contributed by atoms with E-state index in [0.29, 0.717) is 12.2 Å². The van der Waals surface area contributed by atoms with Crippen molar-refractivity contribution >= 4 is 17.8 Å². The van der Waals surface area contributed by atoms with E-state index in [1.807, 2.05) is 0 Å². The number of benzene rings is 1. The Hall–Kier alpha value is -2.44. The zero-order valence-electron chi connectivity index (χ0n) is 13.1. The van der Waals surface area contributed by atoms with Crippen LogP contribution in [0.25, 0.3) is 0 Å². The monoisotopic (exact) mass is 324 g/mol. The molecule has 1 aromatic carbocycles. The van der Waals surface area contributed by atoms with Crippen molar-refractivity contribution in [1.29, 1.82) is 0 Å². The number of hydrogen-bond donors (Lipinski definition) is 2. The third-order valence-electron chi connectivity index (χ3n) is 2.91. The SMILES string of the molecule is CCOC(=O)CCC(=O)NCCNC(=O)Cc1ccc(F)cc1. The van der Waals surface area contributed by atoms with Gasteiger partial charge in [-0.25, -0.2) is 4.39 Å². The summed E-state index contributed by atoms with van der Waals surface area (Å²) in [6.07, 6.45) is 0.246. The van der Waals surface area contributed by atoms with Gasteiger partial charge in [-0.3, -0.25) is 14.4 Å². The Kier molecular flexibility index (Phi) is 8.34. The first kappa shape index (κ1) is 18.6. The number of carbonyl (C=O) groups is 3. The van der Waals surface area contributed by atoms with Gasteiger partial charge in [0.05, 0.1) is 19.4 Å². The normalized spacial score (nSPS) is 10.0. The van der Waals surface area contributed by atoms with Gasteiger partial charge in [0.1, 0.15) is 5.82 Å². The highest BCUT2D eigenvalue weighted by Gasteiger charge is 2.07. The average Bonchev–Trinajstić information content (AvgIpc) is 2.52. The number of hydrogen-bond acceptors (Lipinski definition) is 4. The van der Waals surface area contributed by atoms with Gasteiger partial charge in [-0.1, -0.05) is 12.1 Å². The minimum absolute atomic E-state index is 0.0383. The second kappa shape index (κ2) is 10.3. The van der Waals surface area contributed by atoms with Crippen LogP contribution in [0.3, 0.4) is 0 Å². The van der Waals surface area contributed by atoms with Crippen molar-refractivity contribution in [3.63, 3.8) is 0 Å². The molecule has 126 valence electrons. The zero-order valence-corrected chi connectivity index (χ0v) is 13.1. The molecular formula is C16H21FN2O4. The van der Waals surface area contributed by atoms with Gasteiger partial charge >= 0.3 is 5.97 Å². The van der Waals surface area contributed by atoms with Crippen molar-refractivity contribution in [2.75, 3.05) is 19.7 Å². The van der Waals surface area contributed by atoms with Crippen molar-refractivity contribution < 1.29 is 23.5 Å². The Bertz CT molecular complexity index is 531. The molecule has 0 saturated carbocycles. The van der Waals surface area contributed by atoms with Crippen LogP contribution in [-0.2, 0) is 25.5 Å². The lowest BCUT2D eigenvalue weighted by Crippen LogP contribution is -2.35.